The number of hydrogen-bond acceptors (Lipinski definition) is 3. The van der Waals surface area contributed by atoms with Gasteiger partial charge in [-0.05, 0) is 30.3 Å². The van der Waals surface area contributed by atoms with Crippen molar-refractivity contribution in [1.29, 1.82) is 0 Å². The maximum absolute atomic E-state index is 10.8. The van der Waals surface area contributed by atoms with E-state index in [0.717, 1.165) is 9.79 Å². The van der Waals surface area contributed by atoms with Crippen LogP contribution in [0.2, 0.25) is 5.02 Å². The van der Waals surface area contributed by atoms with Gasteiger partial charge in [0.25, 0.3) is 0 Å². The Bertz CT molecular complexity index is 601. The Balaban J connectivity index is 2.30. The van der Waals surface area contributed by atoms with Crippen LogP contribution in [0.25, 0.3) is 0 Å². The molecule has 18 heavy (non-hydrogen) atoms. The molecule has 0 aliphatic heterocycles. The number of aromatic carboxylic acids is 1. The number of halogens is 1. The Kier molecular flexibility index (Phi) is 3.79. The highest BCUT2D eigenvalue weighted by Crippen LogP contribution is 2.36. The minimum Gasteiger partial charge on any atom is -0.478 e. The number of benzene rings is 2. The molecule has 0 heterocycles. The molecule has 0 aromatic heterocycles. The summed E-state index contributed by atoms with van der Waals surface area (Å²) in [6, 6.07) is 12.1. The van der Waals surface area contributed by atoms with Crippen LogP contribution in [0.5, 0.6) is 0 Å². The summed E-state index contributed by atoms with van der Waals surface area (Å²) in [6.07, 6.45) is 0. The first kappa shape index (κ1) is 12.8. The third-order valence-electron chi connectivity index (χ3n) is 2.31. The number of carboxylic acids is 1. The minimum absolute atomic E-state index is 0.177. The van der Waals surface area contributed by atoms with Crippen LogP contribution < -0.4 is 5.73 Å². The highest BCUT2D eigenvalue weighted by Gasteiger charge is 2.08. The number of hydrogen-bond donors (Lipinski definition) is 2. The molecule has 3 N–H and O–H groups in total. The molecule has 0 aliphatic rings. The average Bonchev–Trinajstić information content (AvgIpc) is 2.34. The summed E-state index contributed by atoms with van der Waals surface area (Å²) in [6.45, 7) is 0. The molecular weight excluding hydrogens is 270 g/mol. The smallest absolute Gasteiger partial charge is 0.335 e. The molecule has 92 valence electrons. The van der Waals surface area contributed by atoms with Crippen LogP contribution in [0, 0.1) is 0 Å². The highest BCUT2D eigenvalue weighted by molar-refractivity contribution is 7.99. The van der Waals surface area contributed by atoms with E-state index in [0.29, 0.717) is 10.7 Å². The zero-order chi connectivity index (χ0) is 13.1. The molecule has 5 heteroatoms. The van der Waals surface area contributed by atoms with Crippen molar-refractivity contribution in [3.05, 3.63) is 53.1 Å². The summed E-state index contributed by atoms with van der Waals surface area (Å²) in [5.41, 5.74) is 6.44. The number of nitrogens with two attached hydrogens (primary N) is 1. The van der Waals surface area contributed by atoms with Gasteiger partial charge in [0.2, 0.25) is 0 Å². The third kappa shape index (κ3) is 2.78. The summed E-state index contributed by atoms with van der Waals surface area (Å²) in [5, 5.41) is 9.49. The van der Waals surface area contributed by atoms with Crippen molar-refractivity contribution >= 4 is 35.0 Å². The normalized spacial score (nSPS) is 10.3. The van der Waals surface area contributed by atoms with Gasteiger partial charge in [-0.15, -0.1) is 0 Å². The Morgan fingerprint density at radius 2 is 1.89 bits per heavy atom. The molecule has 2 aromatic carbocycles. The molecular formula is C13H10ClNO2S. The quantitative estimate of drug-likeness (QED) is 0.840. The van der Waals surface area contributed by atoms with E-state index in [2.05, 4.69) is 0 Å². The lowest BCUT2D eigenvalue weighted by molar-refractivity contribution is 0.0697. The summed E-state index contributed by atoms with van der Waals surface area (Å²) in [5.74, 6) is -0.990. The molecule has 3 nitrogen and oxygen atoms in total. The summed E-state index contributed by atoms with van der Waals surface area (Å²) >= 11 is 7.46. The topological polar surface area (TPSA) is 63.3 Å². The Morgan fingerprint density at radius 3 is 2.50 bits per heavy atom. The minimum atomic E-state index is -0.990. The fraction of sp³-hybridized carbons (Fsp3) is 0. The van der Waals surface area contributed by atoms with Crippen LogP contribution in [0.15, 0.2) is 52.3 Å². The van der Waals surface area contributed by atoms with Gasteiger partial charge in [-0.1, -0.05) is 35.5 Å². The van der Waals surface area contributed by atoms with Crippen LogP contribution >= 0.6 is 23.4 Å². The van der Waals surface area contributed by atoms with Crippen molar-refractivity contribution in [3.8, 4) is 0 Å². The predicted octanol–water partition coefficient (Wildman–Crippen LogP) is 3.77. The number of carboxylic acid groups (broad SMARTS) is 1. The predicted molar refractivity (Wildman–Crippen MR) is 73.4 cm³/mol. The van der Waals surface area contributed by atoms with Crippen LogP contribution in [0.3, 0.4) is 0 Å². The zero-order valence-electron chi connectivity index (χ0n) is 9.26. The van der Waals surface area contributed by atoms with Crippen LogP contribution in [0.4, 0.5) is 5.69 Å². The molecule has 0 amide bonds. The van der Waals surface area contributed by atoms with Gasteiger partial charge in [0.15, 0.2) is 0 Å². The third-order valence-corrected chi connectivity index (χ3v) is 3.92. The van der Waals surface area contributed by atoms with E-state index in [1.807, 2.05) is 18.2 Å². The molecule has 0 aliphatic carbocycles. The lowest BCUT2D eigenvalue weighted by Crippen LogP contribution is -1.98. The van der Waals surface area contributed by atoms with Crippen LogP contribution in [-0.4, -0.2) is 11.1 Å². The van der Waals surface area contributed by atoms with Crippen molar-refractivity contribution in [2.75, 3.05) is 5.73 Å². The monoisotopic (exact) mass is 279 g/mol. The van der Waals surface area contributed by atoms with Crippen molar-refractivity contribution < 1.29 is 9.90 Å². The van der Waals surface area contributed by atoms with E-state index in [1.54, 1.807) is 12.1 Å². The Labute approximate surface area is 114 Å². The lowest BCUT2D eigenvalue weighted by Gasteiger charge is -2.07. The fourth-order valence-corrected chi connectivity index (χ4v) is 2.53. The summed E-state index contributed by atoms with van der Waals surface area (Å²) in [4.78, 5) is 12.5. The number of anilines is 1. The molecule has 0 fully saturated rings. The van der Waals surface area contributed by atoms with E-state index in [4.69, 9.17) is 22.4 Å². The van der Waals surface area contributed by atoms with E-state index < -0.39 is 5.97 Å². The molecule has 0 unspecified atom stereocenters. The van der Waals surface area contributed by atoms with Crippen molar-refractivity contribution in [1.82, 2.24) is 0 Å². The van der Waals surface area contributed by atoms with Crippen molar-refractivity contribution in [2.24, 2.45) is 0 Å². The molecule has 0 atom stereocenters. The average molecular weight is 280 g/mol. The summed E-state index contributed by atoms with van der Waals surface area (Å²) in [7, 11) is 0. The van der Waals surface area contributed by atoms with Gasteiger partial charge < -0.3 is 10.8 Å². The van der Waals surface area contributed by atoms with Crippen LogP contribution in [-0.2, 0) is 0 Å². The molecule has 0 saturated heterocycles. The van der Waals surface area contributed by atoms with Gasteiger partial charge in [-0.2, -0.15) is 0 Å². The first-order chi connectivity index (χ1) is 8.58. The van der Waals surface area contributed by atoms with Gasteiger partial charge in [0.05, 0.1) is 10.6 Å². The van der Waals surface area contributed by atoms with Gasteiger partial charge in [-0.3, -0.25) is 0 Å². The van der Waals surface area contributed by atoms with E-state index in [1.165, 1.54) is 23.9 Å². The molecule has 0 saturated carbocycles. The van der Waals surface area contributed by atoms with Gasteiger partial charge in [0, 0.05) is 15.5 Å². The molecule has 2 aromatic rings. The van der Waals surface area contributed by atoms with Crippen LogP contribution in [0.1, 0.15) is 10.4 Å². The second kappa shape index (κ2) is 5.33. The number of nitrogen functional groups attached to an aromatic ring is 1. The van der Waals surface area contributed by atoms with Gasteiger partial charge in [0.1, 0.15) is 0 Å². The Hall–Kier alpha value is -1.65. The standard InChI is InChI=1S/C13H10ClNO2S/c14-9-3-1-2-4-11(9)18-12-6-5-8(13(16)17)7-10(12)15/h1-7H,15H2,(H,16,17). The summed E-state index contributed by atoms with van der Waals surface area (Å²) < 4.78 is 0. The maximum Gasteiger partial charge on any atom is 0.335 e. The zero-order valence-corrected chi connectivity index (χ0v) is 10.8. The highest BCUT2D eigenvalue weighted by atomic mass is 35.5. The van der Waals surface area contributed by atoms with Gasteiger partial charge in [-0.25, -0.2) is 4.79 Å². The number of carbonyl (C=O) groups is 1. The lowest BCUT2D eigenvalue weighted by atomic mass is 10.2. The van der Waals surface area contributed by atoms with E-state index in [-0.39, 0.29) is 5.56 Å². The van der Waals surface area contributed by atoms with Crippen molar-refractivity contribution in [2.45, 2.75) is 9.79 Å². The first-order valence-corrected chi connectivity index (χ1v) is 6.32. The largest absolute Gasteiger partial charge is 0.478 e. The fourth-order valence-electron chi connectivity index (χ4n) is 1.42. The number of rotatable bonds is 3. The van der Waals surface area contributed by atoms with Crippen molar-refractivity contribution in [3.63, 3.8) is 0 Å². The van der Waals surface area contributed by atoms with Gasteiger partial charge >= 0.3 is 5.97 Å². The first-order valence-electron chi connectivity index (χ1n) is 5.13. The Morgan fingerprint density at radius 1 is 1.17 bits per heavy atom. The second-order valence-corrected chi connectivity index (χ2v) is 5.08. The second-order valence-electron chi connectivity index (χ2n) is 3.59. The SMILES string of the molecule is Nc1cc(C(=O)O)ccc1Sc1ccccc1Cl. The van der Waals surface area contributed by atoms with E-state index in [9.17, 15) is 4.79 Å². The van der Waals surface area contributed by atoms with E-state index >= 15 is 0 Å². The molecule has 0 bridgehead atoms. The molecule has 0 radical (unpaired) electrons. The molecule has 0 spiro atoms. The maximum atomic E-state index is 10.8. The molecule has 2 rings (SSSR count).